The predicted molar refractivity (Wildman–Crippen MR) is 73.3 cm³/mol. The minimum absolute atomic E-state index is 0.697. The Morgan fingerprint density at radius 1 is 1.05 bits per heavy atom. The van der Waals surface area contributed by atoms with Crippen LogP contribution in [0.2, 0.25) is 0 Å². The quantitative estimate of drug-likeness (QED) is 0.888. The molecule has 1 aromatic carbocycles. The number of methoxy groups -OCH3 is 2. The summed E-state index contributed by atoms with van der Waals surface area (Å²) >= 11 is 0. The van der Waals surface area contributed by atoms with E-state index < -0.39 is 0 Å². The Labute approximate surface area is 112 Å². The molecule has 0 radical (unpaired) electrons. The van der Waals surface area contributed by atoms with Crippen LogP contribution in [0.15, 0.2) is 30.3 Å². The Kier molecular flexibility index (Phi) is 4.30. The molecule has 0 bridgehead atoms. The van der Waals surface area contributed by atoms with Crippen LogP contribution in [0.25, 0.3) is 11.3 Å². The fourth-order valence-corrected chi connectivity index (χ4v) is 1.79. The molecule has 1 aromatic heterocycles. The topological polar surface area (TPSA) is 56.3 Å². The van der Waals surface area contributed by atoms with Crippen molar-refractivity contribution < 1.29 is 9.47 Å². The fraction of sp³-hybridized carbons (Fsp3) is 0.286. The van der Waals surface area contributed by atoms with Crippen LogP contribution in [0.1, 0.15) is 5.69 Å². The third-order valence-corrected chi connectivity index (χ3v) is 2.76. The van der Waals surface area contributed by atoms with E-state index in [0.717, 1.165) is 28.5 Å². The second-order valence-corrected chi connectivity index (χ2v) is 4.01. The van der Waals surface area contributed by atoms with Crippen molar-refractivity contribution in [1.29, 1.82) is 0 Å². The summed E-state index contributed by atoms with van der Waals surface area (Å²) in [5.41, 5.74) is 2.52. The maximum Gasteiger partial charge on any atom is 0.128 e. The first-order valence-corrected chi connectivity index (χ1v) is 5.98. The number of rotatable bonds is 5. The van der Waals surface area contributed by atoms with Crippen molar-refractivity contribution in [3.8, 4) is 22.8 Å². The van der Waals surface area contributed by atoms with Gasteiger partial charge in [-0.1, -0.05) is 0 Å². The molecule has 1 N–H and O–H groups in total. The van der Waals surface area contributed by atoms with E-state index >= 15 is 0 Å². The molecule has 0 amide bonds. The van der Waals surface area contributed by atoms with Crippen LogP contribution >= 0.6 is 0 Å². The zero-order chi connectivity index (χ0) is 13.7. The highest BCUT2D eigenvalue weighted by Crippen LogP contribution is 2.31. The highest BCUT2D eigenvalue weighted by Gasteiger charge is 2.09. The molecule has 0 spiro atoms. The first-order chi connectivity index (χ1) is 9.28. The second-order valence-electron chi connectivity index (χ2n) is 4.01. The summed E-state index contributed by atoms with van der Waals surface area (Å²) in [4.78, 5) is 0. The van der Waals surface area contributed by atoms with Gasteiger partial charge < -0.3 is 14.8 Å². The molecule has 0 fully saturated rings. The molecule has 0 saturated carbocycles. The molecule has 2 rings (SSSR count). The summed E-state index contributed by atoms with van der Waals surface area (Å²) in [6, 6.07) is 9.47. The molecule has 0 aliphatic carbocycles. The first kappa shape index (κ1) is 13.3. The van der Waals surface area contributed by atoms with Gasteiger partial charge in [-0.05, 0) is 37.4 Å². The molecule has 19 heavy (non-hydrogen) atoms. The molecule has 0 aliphatic rings. The van der Waals surface area contributed by atoms with Crippen LogP contribution in [-0.2, 0) is 6.54 Å². The Morgan fingerprint density at radius 3 is 2.47 bits per heavy atom. The van der Waals surface area contributed by atoms with Crippen LogP contribution in [0.4, 0.5) is 0 Å². The standard InChI is InChI=1S/C14H17N3O2/c1-15-9-10-4-6-13(17-16-10)12-8-11(18-2)5-7-14(12)19-3/h4-8,15H,9H2,1-3H3. The second kappa shape index (κ2) is 6.15. The number of ether oxygens (including phenoxy) is 2. The van der Waals surface area contributed by atoms with Crippen molar-refractivity contribution in [3.63, 3.8) is 0 Å². The third-order valence-electron chi connectivity index (χ3n) is 2.76. The fourth-order valence-electron chi connectivity index (χ4n) is 1.79. The van der Waals surface area contributed by atoms with Gasteiger partial charge in [-0.25, -0.2) is 0 Å². The number of nitrogens with zero attached hydrogens (tertiary/aromatic N) is 2. The molecule has 5 nitrogen and oxygen atoms in total. The average molecular weight is 259 g/mol. The van der Waals surface area contributed by atoms with Gasteiger partial charge in [-0.15, -0.1) is 0 Å². The summed E-state index contributed by atoms with van der Waals surface area (Å²) in [6.07, 6.45) is 0. The predicted octanol–water partition coefficient (Wildman–Crippen LogP) is 1.88. The summed E-state index contributed by atoms with van der Waals surface area (Å²) < 4.78 is 10.6. The summed E-state index contributed by atoms with van der Waals surface area (Å²) in [5.74, 6) is 1.51. The lowest BCUT2D eigenvalue weighted by Crippen LogP contribution is -2.07. The van der Waals surface area contributed by atoms with Gasteiger partial charge >= 0.3 is 0 Å². The highest BCUT2D eigenvalue weighted by atomic mass is 16.5. The van der Waals surface area contributed by atoms with Gasteiger partial charge in [0, 0.05) is 12.1 Å². The van der Waals surface area contributed by atoms with Gasteiger partial charge in [0.2, 0.25) is 0 Å². The maximum absolute atomic E-state index is 5.34. The number of aromatic nitrogens is 2. The molecule has 2 aromatic rings. The van der Waals surface area contributed by atoms with Gasteiger partial charge in [0.1, 0.15) is 11.5 Å². The average Bonchev–Trinajstić information content (AvgIpc) is 2.47. The van der Waals surface area contributed by atoms with Crippen molar-refractivity contribution in [1.82, 2.24) is 15.5 Å². The summed E-state index contributed by atoms with van der Waals surface area (Å²) in [7, 11) is 5.14. The monoisotopic (exact) mass is 259 g/mol. The first-order valence-electron chi connectivity index (χ1n) is 5.98. The van der Waals surface area contributed by atoms with E-state index in [4.69, 9.17) is 9.47 Å². The van der Waals surface area contributed by atoms with Crippen molar-refractivity contribution in [3.05, 3.63) is 36.0 Å². The van der Waals surface area contributed by atoms with Crippen molar-refractivity contribution in [2.45, 2.75) is 6.54 Å². The lowest BCUT2D eigenvalue weighted by molar-refractivity contribution is 0.404. The highest BCUT2D eigenvalue weighted by molar-refractivity contribution is 5.68. The minimum Gasteiger partial charge on any atom is -0.497 e. The van der Waals surface area contributed by atoms with Gasteiger partial charge in [0.15, 0.2) is 0 Å². The van der Waals surface area contributed by atoms with Crippen LogP contribution in [0.3, 0.4) is 0 Å². The molecule has 0 unspecified atom stereocenters. The molecule has 0 aliphatic heterocycles. The third kappa shape index (κ3) is 3.00. The Hall–Kier alpha value is -2.14. The number of nitrogens with one attached hydrogen (secondary N) is 1. The van der Waals surface area contributed by atoms with Crippen LogP contribution < -0.4 is 14.8 Å². The zero-order valence-electron chi connectivity index (χ0n) is 11.3. The van der Waals surface area contributed by atoms with Gasteiger partial charge in [0.25, 0.3) is 0 Å². The number of benzene rings is 1. The summed E-state index contributed by atoms with van der Waals surface area (Å²) in [6.45, 7) is 0.697. The van der Waals surface area contributed by atoms with E-state index in [0.29, 0.717) is 6.54 Å². The molecule has 5 heteroatoms. The molecule has 100 valence electrons. The van der Waals surface area contributed by atoms with Crippen LogP contribution in [0, 0.1) is 0 Å². The zero-order valence-corrected chi connectivity index (χ0v) is 11.3. The van der Waals surface area contributed by atoms with Crippen LogP contribution in [-0.4, -0.2) is 31.5 Å². The van der Waals surface area contributed by atoms with E-state index in [1.54, 1.807) is 14.2 Å². The van der Waals surface area contributed by atoms with E-state index in [2.05, 4.69) is 15.5 Å². The molecule has 1 heterocycles. The Morgan fingerprint density at radius 2 is 1.89 bits per heavy atom. The number of hydrogen-bond donors (Lipinski definition) is 1. The largest absolute Gasteiger partial charge is 0.497 e. The number of hydrogen-bond acceptors (Lipinski definition) is 5. The summed E-state index contributed by atoms with van der Waals surface area (Å²) in [5, 5.41) is 11.4. The van der Waals surface area contributed by atoms with Crippen molar-refractivity contribution in [2.24, 2.45) is 0 Å². The van der Waals surface area contributed by atoms with E-state index in [1.807, 2.05) is 37.4 Å². The molecule has 0 saturated heterocycles. The molecule has 0 atom stereocenters. The normalized spacial score (nSPS) is 10.3. The van der Waals surface area contributed by atoms with Gasteiger partial charge in [-0.3, -0.25) is 0 Å². The van der Waals surface area contributed by atoms with E-state index in [9.17, 15) is 0 Å². The SMILES string of the molecule is CNCc1ccc(-c2cc(OC)ccc2OC)nn1. The van der Waals surface area contributed by atoms with Gasteiger partial charge in [0.05, 0.1) is 25.6 Å². The maximum atomic E-state index is 5.34. The van der Waals surface area contributed by atoms with Crippen LogP contribution in [0.5, 0.6) is 11.5 Å². The smallest absolute Gasteiger partial charge is 0.128 e. The van der Waals surface area contributed by atoms with Crippen molar-refractivity contribution >= 4 is 0 Å². The lowest BCUT2D eigenvalue weighted by atomic mass is 10.1. The van der Waals surface area contributed by atoms with Gasteiger partial charge in [-0.2, -0.15) is 10.2 Å². The lowest BCUT2D eigenvalue weighted by Gasteiger charge is -2.09. The van der Waals surface area contributed by atoms with Crippen molar-refractivity contribution in [2.75, 3.05) is 21.3 Å². The minimum atomic E-state index is 0.697. The molecular weight excluding hydrogens is 242 g/mol. The van der Waals surface area contributed by atoms with E-state index in [-0.39, 0.29) is 0 Å². The Bertz CT molecular complexity index is 541. The van der Waals surface area contributed by atoms with E-state index in [1.165, 1.54) is 0 Å². The molecular formula is C14H17N3O2. The Balaban J connectivity index is 2.38.